The van der Waals surface area contributed by atoms with Gasteiger partial charge in [0.2, 0.25) is 0 Å². The van der Waals surface area contributed by atoms with Crippen LogP contribution in [0, 0.1) is 6.92 Å². The van der Waals surface area contributed by atoms with E-state index in [2.05, 4.69) is 4.98 Å². The Bertz CT molecular complexity index is 722. The number of rotatable bonds is 0. The van der Waals surface area contributed by atoms with E-state index in [0.717, 1.165) is 5.56 Å². The Labute approximate surface area is 108 Å². The molecule has 1 aromatic carbocycles. The molecule has 4 nitrogen and oxygen atoms in total. The molecule has 1 aliphatic heterocycles. The molecule has 0 N–H and O–H groups in total. The van der Waals surface area contributed by atoms with Gasteiger partial charge in [-0.05, 0) is 36.4 Å². The number of hydrogen-bond donors (Lipinski definition) is 0. The molecule has 0 aliphatic carbocycles. The molecule has 0 bridgehead atoms. The number of nitrogens with zero attached hydrogens (tertiary/aromatic N) is 2. The molecule has 2 aromatic rings. The van der Waals surface area contributed by atoms with Crippen molar-refractivity contribution in [1.29, 1.82) is 0 Å². The summed E-state index contributed by atoms with van der Waals surface area (Å²) in [5.74, 6) is 0. The number of halogens is 1. The standard InChI is InChI=1S/C10H7ClN2O2S2/c1-6-4-9-8(5-7(6)11)16-10-12-2-3-13(10)17(9,14)15/h2-5H,1H3. The highest BCUT2D eigenvalue weighted by Gasteiger charge is 2.30. The molecule has 88 valence electrons. The van der Waals surface area contributed by atoms with Crippen LogP contribution in [0.5, 0.6) is 0 Å². The third-order valence-electron chi connectivity index (χ3n) is 2.54. The van der Waals surface area contributed by atoms with E-state index in [1.165, 1.54) is 28.1 Å². The predicted molar refractivity (Wildman–Crippen MR) is 65.1 cm³/mol. The molecule has 0 radical (unpaired) electrons. The fraction of sp³-hybridized carbons (Fsp3) is 0.100. The molecular weight excluding hydrogens is 280 g/mol. The zero-order chi connectivity index (χ0) is 12.2. The maximum atomic E-state index is 12.3. The van der Waals surface area contributed by atoms with Crippen LogP contribution in [0.1, 0.15) is 5.56 Å². The summed E-state index contributed by atoms with van der Waals surface area (Å²) in [4.78, 5) is 4.92. The predicted octanol–water partition coefficient (Wildman–Crippen LogP) is 2.55. The molecule has 0 spiro atoms. The van der Waals surface area contributed by atoms with Gasteiger partial charge >= 0.3 is 0 Å². The van der Waals surface area contributed by atoms with Gasteiger partial charge in [0.05, 0.1) is 0 Å². The van der Waals surface area contributed by atoms with E-state index in [1.54, 1.807) is 19.1 Å². The first kappa shape index (κ1) is 11.1. The van der Waals surface area contributed by atoms with Gasteiger partial charge in [-0.1, -0.05) is 11.6 Å². The van der Waals surface area contributed by atoms with E-state index < -0.39 is 10.0 Å². The Hall–Kier alpha value is -0.980. The number of aromatic nitrogens is 2. The van der Waals surface area contributed by atoms with Crippen LogP contribution >= 0.6 is 23.4 Å². The Morgan fingerprint density at radius 3 is 2.94 bits per heavy atom. The summed E-state index contributed by atoms with van der Waals surface area (Å²) in [6, 6.07) is 3.27. The summed E-state index contributed by atoms with van der Waals surface area (Å²) >= 11 is 7.31. The van der Waals surface area contributed by atoms with Gasteiger partial charge in [0.15, 0.2) is 5.16 Å². The van der Waals surface area contributed by atoms with Gasteiger partial charge in [-0.3, -0.25) is 0 Å². The lowest BCUT2D eigenvalue weighted by molar-refractivity contribution is 0.578. The molecule has 0 unspecified atom stereocenters. The van der Waals surface area contributed by atoms with E-state index in [4.69, 9.17) is 11.6 Å². The van der Waals surface area contributed by atoms with Gasteiger partial charge in [-0.15, -0.1) is 0 Å². The van der Waals surface area contributed by atoms with E-state index in [0.29, 0.717) is 15.1 Å². The average molecular weight is 287 g/mol. The van der Waals surface area contributed by atoms with Crippen LogP contribution in [-0.4, -0.2) is 17.4 Å². The Balaban J connectivity index is 2.36. The normalized spacial score (nSPS) is 16.4. The Kier molecular flexibility index (Phi) is 2.30. The van der Waals surface area contributed by atoms with Crippen molar-refractivity contribution >= 4 is 33.4 Å². The lowest BCUT2D eigenvalue weighted by atomic mass is 10.2. The number of imidazole rings is 1. The minimum absolute atomic E-state index is 0.287. The van der Waals surface area contributed by atoms with Crippen molar-refractivity contribution in [3.63, 3.8) is 0 Å². The number of fused-ring (bicyclic) bond motifs is 2. The van der Waals surface area contributed by atoms with Crippen molar-refractivity contribution in [1.82, 2.24) is 8.96 Å². The lowest BCUT2D eigenvalue weighted by Crippen LogP contribution is -2.17. The Morgan fingerprint density at radius 1 is 1.41 bits per heavy atom. The maximum absolute atomic E-state index is 12.3. The van der Waals surface area contributed by atoms with Crippen molar-refractivity contribution in [2.45, 2.75) is 21.9 Å². The average Bonchev–Trinajstić information content (AvgIpc) is 2.71. The summed E-state index contributed by atoms with van der Waals surface area (Å²) in [7, 11) is -3.52. The van der Waals surface area contributed by atoms with E-state index in [9.17, 15) is 8.42 Å². The maximum Gasteiger partial charge on any atom is 0.270 e. The summed E-state index contributed by atoms with van der Waals surface area (Å²) in [5.41, 5.74) is 0.748. The largest absolute Gasteiger partial charge is 0.270 e. The molecule has 0 amide bonds. The van der Waals surface area contributed by atoms with Gasteiger partial charge < -0.3 is 0 Å². The van der Waals surface area contributed by atoms with Crippen molar-refractivity contribution in [2.24, 2.45) is 0 Å². The second-order valence-electron chi connectivity index (χ2n) is 3.66. The molecule has 0 saturated heterocycles. The van der Waals surface area contributed by atoms with Crippen molar-refractivity contribution in [2.75, 3.05) is 0 Å². The molecular formula is C10H7ClN2O2S2. The van der Waals surface area contributed by atoms with E-state index in [-0.39, 0.29) is 4.90 Å². The van der Waals surface area contributed by atoms with Crippen LogP contribution in [0.15, 0.2) is 39.5 Å². The SMILES string of the molecule is Cc1cc2c(cc1Cl)Sc1nccn1S2(=O)=O. The minimum Gasteiger partial charge on any atom is -0.230 e. The molecule has 0 saturated carbocycles. The van der Waals surface area contributed by atoms with Crippen LogP contribution in [0.2, 0.25) is 5.02 Å². The monoisotopic (exact) mass is 286 g/mol. The van der Waals surface area contributed by atoms with Gasteiger partial charge in [0.25, 0.3) is 10.0 Å². The minimum atomic E-state index is -3.52. The second kappa shape index (κ2) is 3.51. The highest BCUT2D eigenvalue weighted by Crippen LogP contribution is 2.41. The molecule has 0 fully saturated rings. The molecule has 17 heavy (non-hydrogen) atoms. The van der Waals surface area contributed by atoms with Gasteiger partial charge in [-0.2, -0.15) is 0 Å². The molecule has 1 aromatic heterocycles. The second-order valence-corrected chi connectivity index (χ2v) is 6.86. The number of benzene rings is 1. The molecule has 3 rings (SSSR count). The zero-order valence-electron chi connectivity index (χ0n) is 8.71. The first-order chi connectivity index (χ1) is 8.00. The van der Waals surface area contributed by atoms with Crippen molar-refractivity contribution < 1.29 is 8.42 Å². The quantitative estimate of drug-likeness (QED) is 0.637. The molecule has 0 atom stereocenters. The zero-order valence-corrected chi connectivity index (χ0v) is 11.1. The summed E-state index contributed by atoms with van der Waals surface area (Å²) in [6.07, 6.45) is 2.92. The number of aryl methyl sites for hydroxylation is 1. The fourth-order valence-corrected chi connectivity index (χ4v) is 4.85. The van der Waals surface area contributed by atoms with Gasteiger partial charge in [-0.25, -0.2) is 17.4 Å². The third kappa shape index (κ3) is 1.51. The van der Waals surface area contributed by atoms with Crippen molar-refractivity contribution in [3.05, 3.63) is 35.1 Å². The van der Waals surface area contributed by atoms with Crippen LogP contribution in [0.3, 0.4) is 0 Å². The summed E-state index contributed by atoms with van der Waals surface area (Å²) in [6.45, 7) is 1.78. The number of hydrogen-bond acceptors (Lipinski definition) is 4. The van der Waals surface area contributed by atoms with Crippen molar-refractivity contribution in [3.8, 4) is 0 Å². The van der Waals surface area contributed by atoms with Crippen LogP contribution in [-0.2, 0) is 10.0 Å². The van der Waals surface area contributed by atoms with Gasteiger partial charge in [0.1, 0.15) is 4.90 Å². The highest BCUT2D eigenvalue weighted by atomic mass is 35.5. The summed E-state index contributed by atoms with van der Waals surface area (Å²) < 4.78 is 25.8. The third-order valence-corrected chi connectivity index (χ3v) is 5.94. The Morgan fingerprint density at radius 2 is 2.18 bits per heavy atom. The highest BCUT2D eigenvalue weighted by molar-refractivity contribution is 8.01. The fourth-order valence-electron chi connectivity index (χ4n) is 1.66. The van der Waals surface area contributed by atoms with Crippen LogP contribution in [0.25, 0.3) is 0 Å². The van der Waals surface area contributed by atoms with E-state index >= 15 is 0 Å². The van der Waals surface area contributed by atoms with E-state index in [1.807, 2.05) is 0 Å². The molecule has 2 heterocycles. The van der Waals surface area contributed by atoms with Gasteiger partial charge in [0, 0.05) is 22.3 Å². The smallest absolute Gasteiger partial charge is 0.230 e. The molecule has 1 aliphatic rings. The first-order valence-electron chi connectivity index (χ1n) is 4.77. The van der Waals surface area contributed by atoms with Crippen LogP contribution < -0.4 is 0 Å². The van der Waals surface area contributed by atoms with Crippen LogP contribution in [0.4, 0.5) is 0 Å². The topological polar surface area (TPSA) is 52.0 Å². The first-order valence-corrected chi connectivity index (χ1v) is 7.40. The molecule has 7 heteroatoms. The summed E-state index contributed by atoms with van der Waals surface area (Å²) in [5, 5.41) is 1.00. The lowest BCUT2D eigenvalue weighted by Gasteiger charge is -2.18.